The summed E-state index contributed by atoms with van der Waals surface area (Å²) in [6, 6.07) is 0. The van der Waals surface area contributed by atoms with Gasteiger partial charge in [-0.1, -0.05) is 26.7 Å². The maximum absolute atomic E-state index is 13.0. The van der Waals surface area contributed by atoms with E-state index in [-0.39, 0.29) is 29.3 Å². The minimum atomic E-state index is -6.66. The summed E-state index contributed by atoms with van der Waals surface area (Å²) in [5, 5.41) is 0. The Morgan fingerprint density at radius 1 is 1.00 bits per heavy atom. The van der Waals surface area contributed by atoms with Crippen LogP contribution in [0.4, 0.5) is 30.7 Å². The standard InChI is InChI=1S/C12H15F7O3.Ni/c1-3-5-6-7(4-2)8(20)22-9(21)10(13,14)11(15,16)12(17,18)19;/h7H,3-6H2,1-2H3;. The molecule has 11 heteroatoms. The van der Waals surface area contributed by atoms with Gasteiger partial charge in [0.1, 0.15) is 0 Å². The van der Waals surface area contributed by atoms with E-state index >= 15 is 0 Å². The van der Waals surface area contributed by atoms with Gasteiger partial charge < -0.3 is 4.74 Å². The third kappa shape index (κ3) is 5.62. The second kappa shape index (κ2) is 8.85. The molecule has 0 heterocycles. The summed E-state index contributed by atoms with van der Waals surface area (Å²) in [4.78, 5) is 22.3. The molecule has 3 nitrogen and oxygen atoms in total. The number of halogens is 7. The molecule has 0 N–H and O–H groups in total. The molecule has 0 aromatic carbocycles. The van der Waals surface area contributed by atoms with E-state index in [2.05, 4.69) is 4.74 Å². The van der Waals surface area contributed by atoms with E-state index in [9.17, 15) is 40.3 Å². The van der Waals surface area contributed by atoms with Crippen LogP contribution in [0, 0.1) is 5.92 Å². The topological polar surface area (TPSA) is 43.4 Å². The third-order valence-corrected chi connectivity index (χ3v) is 2.93. The van der Waals surface area contributed by atoms with Crippen molar-refractivity contribution in [3.63, 3.8) is 0 Å². The smallest absolute Gasteiger partial charge is 0.388 e. The average Bonchev–Trinajstić information content (AvgIpc) is 2.37. The fourth-order valence-corrected chi connectivity index (χ4v) is 1.48. The monoisotopic (exact) mass is 398 g/mol. The first-order chi connectivity index (χ1) is 9.82. The molecule has 1 unspecified atom stereocenters. The molecule has 0 rings (SSSR count). The van der Waals surface area contributed by atoms with E-state index in [1.165, 1.54) is 6.92 Å². The zero-order valence-corrected chi connectivity index (χ0v) is 13.1. The molecule has 0 aliphatic carbocycles. The van der Waals surface area contributed by atoms with E-state index in [1.807, 2.05) is 0 Å². The molecule has 0 aliphatic rings. The predicted molar refractivity (Wildman–Crippen MR) is 60.4 cm³/mol. The van der Waals surface area contributed by atoms with Crippen molar-refractivity contribution in [1.82, 2.24) is 0 Å². The Kier molecular flexibility index (Phi) is 9.38. The first-order valence-corrected chi connectivity index (χ1v) is 6.41. The fraction of sp³-hybridized carbons (Fsp3) is 0.833. The number of carbonyl (C=O) groups is 2. The summed E-state index contributed by atoms with van der Waals surface area (Å²) in [6.45, 7) is 3.20. The van der Waals surface area contributed by atoms with Gasteiger partial charge >= 0.3 is 30.0 Å². The Labute approximate surface area is 137 Å². The predicted octanol–water partition coefficient (Wildman–Crippen LogP) is 4.10. The van der Waals surface area contributed by atoms with Gasteiger partial charge in [-0.3, -0.25) is 4.79 Å². The van der Waals surface area contributed by atoms with Crippen LogP contribution in [0.25, 0.3) is 0 Å². The van der Waals surface area contributed by atoms with Crippen molar-refractivity contribution >= 4 is 11.9 Å². The SMILES string of the molecule is CCCCC(CC)C(=O)OC(=O)C(F)(F)C(F)(F)C(F)(F)F.[Ni]. The molecule has 0 saturated heterocycles. The van der Waals surface area contributed by atoms with Crippen LogP contribution in [-0.4, -0.2) is 30.0 Å². The minimum absolute atomic E-state index is 0. The summed E-state index contributed by atoms with van der Waals surface area (Å²) < 4.78 is 90.4. The summed E-state index contributed by atoms with van der Waals surface area (Å²) in [6.07, 6.45) is -5.37. The van der Waals surface area contributed by atoms with E-state index < -0.39 is 35.9 Å². The van der Waals surface area contributed by atoms with Crippen molar-refractivity contribution in [1.29, 1.82) is 0 Å². The van der Waals surface area contributed by atoms with Gasteiger partial charge in [0.05, 0.1) is 5.92 Å². The Morgan fingerprint density at radius 2 is 1.48 bits per heavy atom. The van der Waals surface area contributed by atoms with Gasteiger partial charge in [0.15, 0.2) is 0 Å². The van der Waals surface area contributed by atoms with Gasteiger partial charge in [-0.15, -0.1) is 0 Å². The van der Waals surface area contributed by atoms with Crippen molar-refractivity contribution in [2.24, 2.45) is 5.92 Å². The normalized spacial score (nSPS) is 14.0. The van der Waals surface area contributed by atoms with Gasteiger partial charge in [0, 0.05) is 16.5 Å². The van der Waals surface area contributed by atoms with Crippen LogP contribution in [0.3, 0.4) is 0 Å². The van der Waals surface area contributed by atoms with Crippen molar-refractivity contribution in [2.45, 2.75) is 57.6 Å². The molecule has 0 saturated carbocycles. The Bertz CT molecular complexity index is 410. The van der Waals surface area contributed by atoms with Crippen molar-refractivity contribution in [2.75, 3.05) is 0 Å². The summed E-state index contributed by atoms with van der Waals surface area (Å²) in [7, 11) is 0. The zero-order valence-electron chi connectivity index (χ0n) is 12.1. The molecule has 0 aliphatic heterocycles. The Balaban J connectivity index is 0. The Hall–Kier alpha value is -0.856. The van der Waals surface area contributed by atoms with Gasteiger partial charge in [-0.05, 0) is 12.8 Å². The summed E-state index contributed by atoms with van der Waals surface area (Å²) >= 11 is 0. The fourth-order valence-electron chi connectivity index (χ4n) is 1.48. The second-order valence-corrected chi connectivity index (χ2v) is 4.60. The van der Waals surface area contributed by atoms with E-state index in [0.717, 1.165) is 0 Å². The van der Waals surface area contributed by atoms with Crippen LogP contribution in [0.1, 0.15) is 39.5 Å². The van der Waals surface area contributed by atoms with Crippen LogP contribution >= 0.6 is 0 Å². The first-order valence-electron chi connectivity index (χ1n) is 6.41. The summed E-state index contributed by atoms with van der Waals surface area (Å²) in [5.74, 6) is -18.6. The zero-order chi connectivity index (χ0) is 17.8. The first kappa shape index (κ1) is 24.4. The number of hydrogen-bond acceptors (Lipinski definition) is 3. The van der Waals surface area contributed by atoms with Crippen LogP contribution in [0.15, 0.2) is 0 Å². The number of alkyl halides is 7. The average molecular weight is 399 g/mol. The molecule has 0 bridgehead atoms. The van der Waals surface area contributed by atoms with Gasteiger partial charge in [0.25, 0.3) is 0 Å². The summed E-state index contributed by atoms with van der Waals surface area (Å²) in [5.41, 5.74) is 0. The molecular formula is C12H15F7NiO3. The van der Waals surface area contributed by atoms with Crippen molar-refractivity contribution in [3.05, 3.63) is 0 Å². The molecule has 1 atom stereocenters. The molecule has 23 heavy (non-hydrogen) atoms. The molecule has 0 spiro atoms. The van der Waals surface area contributed by atoms with Crippen LogP contribution < -0.4 is 0 Å². The number of rotatable bonds is 7. The minimum Gasteiger partial charge on any atom is -0.388 e. The molecule has 0 aromatic heterocycles. The number of carbonyl (C=O) groups excluding carboxylic acids is 2. The number of hydrogen-bond donors (Lipinski definition) is 0. The van der Waals surface area contributed by atoms with Gasteiger partial charge in [-0.25, -0.2) is 4.79 Å². The largest absolute Gasteiger partial charge is 0.460 e. The van der Waals surface area contributed by atoms with Crippen LogP contribution in [0.2, 0.25) is 0 Å². The van der Waals surface area contributed by atoms with E-state index in [4.69, 9.17) is 0 Å². The molecule has 0 radical (unpaired) electrons. The van der Waals surface area contributed by atoms with E-state index in [0.29, 0.717) is 12.8 Å². The molecule has 0 amide bonds. The molecular weight excluding hydrogens is 384 g/mol. The number of esters is 2. The number of unbranched alkanes of at least 4 members (excludes halogenated alkanes) is 1. The molecule has 140 valence electrons. The van der Waals surface area contributed by atoms with E-state index in [1.54, 1.807) is 6.92 Å². The maximum Gasteiger partial charge on any atom is 0.460 e. The van der Waals surface area contributed by atoms with Gasteiger partial charge in [0.2, 0.25) is 0 Å². The molecule has 0 fully saturated rings. The third-order valence-electron chi connectivity index (χ3n) is 2.93. The molecule has 0 aromatic rings. The Morgan fingerprint density at radius 3 is 1.83 bits per heavy atom. The second-order valence-electron chi connectivity index (χ2n) is 4.60. The number of ether oxygens (including phenoxy) is 1. The quantitative estimate of drug-likeness (QED) is 0.280. The van der Waals surface area contributed by atoms with Crippen molar-refractivity contribution in [3.8, 4) is 0 Å². The van der Waals surface area contributed by atoms with Crippen LogP contribution in [-0.2, 0) is 30.8 Å². The van der Waals surface area contributed by atoms with Gasteiger partial charge in [-0.2, -0.15) is 30.7 Å². The van der Waals surface area contributed by atoms with Crippen LogP contribution in [0.5, 0.6) is 0 Å². The maximum atomic E-state index is 13.0. The van der Waals surface area contributed by atoms with Crippen molar-refractivity contribution < 1.29 is 61.6 Å².